The van der Waals surface area contributed by atoms with Gasteiger partial charge in [-0.3, -0.25) is 0 Å². The molecule has 1 N–H and O–H groups in total. The Kier molecular flexibility index (Phi) is 6.15. The van der Waals surface area contributed by atoms with Crippen molar-refractivity contribution < 1.29 is 19.4 Å². The number of rotatable bonds is 5. The van der Waals surface area contributed by atoms with Crippen molar-refractivity contribution in [2.24, 2.45) is 0 Å². The van der Waals surface area contributed by atoms with Gasteiger partial charge < -0.3 is 19.5 Å². The second kappa shape index (κ2) is 8.34. The average Bonchev–Trinajstić information content (AvgIpc) is 3.04. The van der Waals surface area contributed by atoms with Crippen molar-refractivity contribution >= 4 is 33.7 Å². The second-order valence-electron chi connectivity index (χ2n) is 6.62. The first-order valence-corrected chi connectivity index (χ1v) is 9.55. The lowest BCUT2D eigenvalue weighted by Gasteiger charge is -2.26. The zero-order valence-corrected chi connectivity index (χ0v) is 16.0. The van der Waals surface area contributed by atoms with Gasteiger partial charge in [0.05, 0.1) is 6.10 Å². The maximum absolute atomic E-state index is 11.2. The highest BCUT2D eigenvalue weighted by atomic mass is 79.9. The number of hydrogen-bond acceptors (Lipinski definition) is 4. The average molecular weight is 410 g/mol. The third-order valence-corrected chi connectivity index (χ3v) is 5.16. The highest BCUT2D eigenvalue weighted by molar-refractivity contribution is 9.10. The van der Waals surface area contributed by atoms with Gasteiger partial charge in [0.25, 0.3) is 0 Å². The van der Waals surface area contributed by atoms with Crippen LogP contribution in [-0.2, 0) is 14.3 Å². The van der Waals surface area contributed by atoms with E-state index in [4.69, 9.17) is 14.6 Å². The van der Waals surface area contributed by atoms with Gasteiger partial charge in [0, 0.05) is 35.4 Å². The maximum atomic E-state index is 11.2. The van der Waals surface area contributed by atoms with Crippen molar-refractivity contribution in [3.05, 3.63) is 33.8 Å². The summed E-state index contributed by atoms with van der Waals surface area (Å²) in [5.74, 6) is -0.900. The molecule has 0 amide bonds. The van der Waals surface area contributed by atoms with E-state index in [-0.39, 0.29) is 12.4 Å². The van der Waals surface area contributed by atoms with Crippen molar-refractivity contribution in [1.82, 2.24) is 0 Å². The van der Waals surface area contributed by atoms with Gasteiger partial charge >= 0.3 is 5.97 Å². The smallest absolute Gasteiger partial charge is 0.331 e. The number of carbonyl (C=O) groups is 1. The molecule has 2 saturated heterocycles. The molecule has 0 spiro atoms. The summed E-state index contributed by atoms with van der Waals surface area (Å²) in [5.41, 5.74) is 2.27. The van der Waals surface area contributed by atoms with Crippen LogP contribution in [0.1, 0.15) is 38.2 Å². The predicted molar refractivity (Wildman–Crippen MR) is 101 cm³/mol. The van der Waals surface area contributed by atoms with Crippen LogP contribution in [0.15, 0.2) is 28.2 Å². The van der Waals surface area contributed by atoms with Crippen molar-refractivity contribution in [2.45, 2.75) is 45.0 Å². The van der Waals surface area contributed by atoms with Crippen LogP contribution in [0.25, 0.3) is 6.08 Å². The van der Waals surface area contributed by atoms with Gasteiger partial charge in [-0.2, -0.15) is 0 Å². The quantitative estimate of drug-likeness (QED) is 0.742. The Hall–Kier alpha value is -1.37. The third kappa shape index (κ3) is 4.84. The monoisotopic (exact) mass is 409 g/mol. The number of carboxylic acid groups (broad SMARTS) is 1. The first kappa shape index (κ1) is 18.4. The molecule has 0 aliphatic carbocycles. The van der Waals surface area contributed by atoms with Crippen LogP contribution in [0.2, 0.25) is 0 Å². The Morgan fingerprint density at radius 2 is 2.24 bits per heavy atom. The molecule has 2 aliphatic heterocycles. The standard InChI is InChI=1S/C19H24BrNO4/c1-13(19(22)23)10-14-11-15(20)5-6-17(14)21-8-7-16(12-21)25-18-4-2-3-9-24-18/h5-6,10-11,16,18H,2-4,7-9,12H2,1H3,(H,22,23)/b13-10+. The number of nitrogens with zero attached hydrogens (tertiary/aromatic N) is 1. The zero-order valence-electron chi connectivity index (χ0n) is 14.4. The molecule has 6 heteroatoms. The van der Waals surface area contributed by atoms with Crippen LogP contribution in [0.3, 0.4) is 0 Å². The first-order chi connectivity index (χ1) is 12.0. The largest absolute Gasteiger partial charge is 0.478 e. The van der Waals surface area contributed by atoms with Crippen molar-refractivity contribution in [2.75, 3.05) is 24.6 Å². The van der Waals surface area contributed by atoms with Crippen molar-refractivity contribution in [3.63, 3.8) is 0 Å². The highest BCUT2D eigenvalue weighted by Crippen LogP contribution is 2.31. The topological polar surface area (TPSA) is 59.0 Å². The van der Waals surface area contributed by atoms with Crippen molar-refractivity contribution in [1.29, 1.82) is 0 Å². The molecule has 1 aromatic carbocycles. The van der Waals surface area contributed by atoms with Gasteiger partial charge in [-0.1, -0.05) is 15.9 Å². The zero-order chi connectivity index (χ0) is 17.8. The van der Waals surface area contributed by atoms with E-state index in [1.165, 1.54) is 0 Å². The maximum Gasteiger partial charge on any atom is 0.331 e. The van der Waals surface area contributed by atoms with Gasteiger partial charge in [-0.15, -0.1) is 0 Å². The molecule has 2 atom stereocenters. The number of hydrogen-bond donors (Lipinski definition) is 1. The lowest BCUT2D eigenvalue weighted by atomic mass is 10.1. The Morgan fingerprint density at radius 3 is 2.96 bits per heavy atom. The van der Waals surface area contributed by atoms with Crippen LogP contribution >= 0.6 is 15.9 Å². The van der Waals surface area contributed by atoms with Crippen LogP contribution in [0, 0.1) is 0 Å². The first-order valence-electron chi connectivity index (χ1n) is 8.76. The summed E-state index contributed by atoms with van der Waals surface area (Å²) in [6.07, 6.45) is 6.02. The number of halogens is 1. The van der Waals surface area contributed by atoms with Gasteiger partial charge in [0.2, 0.25) is 0 Å². The van der Waals surface area contributed by atoms with E-state index in [0.29, 0.717) is 5.57 Å². The number of carboxylic acids is 1. The lowest BCUT2D eigenvalue weighted by Crippen LogP contribution is -2.30. The SMILES string of the molecule is C/C(=C\c1cc(Br)ccc1N1CCC(OC2CCCCO2)C1)C(=O)O. The normalized spacial score (nSPS) is 24.6. The predicted octanol–water partition coefficient (Wildman–Crippen LogP) is 4.06. The summed E-state index contributed by atoms with van der Waals surface area (Å²) >= 11 is 3.47. The minimum Gasteiger partial charge on any atom is -0.478 e. The highest BCUT2D eigenvalue weighted by Gasteiger charge is 2.28. The van der Waals surface area contributed by atoms with Crippen LogP contribution in [0.4, 0.5) is 5.69 Å². The van der Waals surface area contributed by atoms with E-state index >= 15 is 0 Å². The molecule has 0 saturated carbocycles. The van der Waals surface area contributed by atoms with Gasteiger partial charge in [-0.05, 0) is 62.4 Å². The molecule has 136 valence electrons. The van der Waals surface area contributed by atoms with Crippen molar-refractivity contribution in [3.8, 4) is 0 Å². The third-order valence-electron chi connectivity index (χ3n) is 4.67. The Labute approximate surface area is 156 Å². The van der Waals surface area contributed by atoms with E-state index in [0.717, 1.165) is 61.1 Å². The molecule has 3 rings (SSSR count). The molecule has 0 radical (unpaired) electrons. The molecule has 0 bridgehead atoms. The van der Waals surface area contributed by atoms with E-state index in [9.17, 15) is 4.79 Å². The molecule has 5 nitrogen and oxygen atoms in total. The van der Waals surface area contributed by atoms with E-state index in [1.54, 1.807) is 13.0 Å². The number of aliphatic carboxylic acids is 1. The summed E-state index contributed by atoms with van der Waals surface area (Å²) in [7, 11) is 0. The summed E-state index contributed by atoms with van der Waals surface area (Å²) in [6, 6.07) is 5.98. The Morgan fingerprint density at radius 1 is 1.40 bits per heavy atom. The fraction of sp³-hybridized carbons (Fsp3) is 0.526. The number of ether oxygens (including phenoxy) is 2. The Bertz CT molecular complexity index is 655. The molecule has 2 unspecified atom stereocenters. The van der Waals surface area contributed by atoms with Crippen LogP contribution in [0.5, 0.6) is 0 Å². The fourth-order valence-corrected chi connectivity index (χ4v) is 3.69. The van der Waals surface area contributed by atoms with E-state index < -0.39 is 5.97 Å². The molecule has 0 aromatic heterocycles. The van der Waals surface area contributed by atoms with Crippen LogP contribution in [-0.4, -0.2) is 43.2 Å². The minimum atomic E-state index is -0.900. The van der Waals surface area contributed by atoms with Gasteiger partial charge in [0.15, 0.2) is 6.29 Å². The van der Waals surface area contributed by atoms with E-state index in [2.05, 4.69) is 20.8 Å². The lowest BCUT2D eigenvalue weighted by molar-refractivity contribution is -0.183. The van der Waals surface area contributed by atoms with Crippen LogP contribution < -0.4 is 4.90 Å². The minimum absolute atomic E-state index is 0.0720. The van der Waals surface area contributed by atoms with Gasteiger partial charge in [-0.25, -0.2) is 4.79 Å². The number of anilines is 1. The summed E-state index contributed by atoms with van der Waals surface area (Å²) in [6.45, 7) is 4.10. The Balaban J connectivity index is 1.71. The summed E-state index contributed by atoms with van der Waals surface area (Å²) < 4.78 is 12.7. The number of benzene rings is 1. The second-order valence-corrected chi connectivity index (χ2v) is 7.54. The summed E-state index contributed by atoms with van der Waals surface area (Å²) in [4.78, 5) is 13.4. The van der Waals surface area contributed by atoms with E-state index in [1.807, 2.05) is 18.2 Å². The molecule has 2 heterocycles. The molecule has 1 aromatic rings. The molecule has 25 heavy (non-hydrogen) atoms. The van der Waals surface area contributed by atoms with Gasteiger partial charge in [0.1, 0.15) is 0 Å². The molecular formula is C19H24BrNO4. The molecular weight excluding hydrogens is 386 g/mol. The molecule has 2 fully saturated rings. The summed E-state index contributed by atoms with van der Waals surface area (Å²) in [5, 5.41) is 9.17. The fourth-order valence-electron chi connectivity index (χ4n) is 3.32. The molecule has 2 aliphatic rings.